The number of rotatable bonds is 4. The first-order valence-electron chi connectivity index (χ1n) is 9.87. The second-order valence-corrected chi connectivity index (χ2v) is 8.11. The topological polar surface area (TPSA) is 112 Å². The molecule has 0 spiro atoms. The molecule has 2 aromatic carbocycles. The number of nitro groups is 1. The van der Waals surface area contributed by atoms with E-state index >= 15 is 0 Å². The molecule has 4 rings (SSSR count). The number of nitrogens with zero attached hydrogens (tertiary/aromatic N) is 3. The number of carbonyl (C=O) groups excluding carboxylic acids is 2. The highest BCUT2D eigenvalue weighted by Gasteiger charge is 2.35. The highest BCUT2D eigenvalue weighted by molar-refractivity contribution is 7.80. The summed E-state index contributed by atoms with van der Waals surface area (Å²) in [5, 5.41) is 16.4. The normalized spacial score (nSPS) is 17.6. The Kier molecular flexibility index (Phi) is 7.65. The molecule has 2 aliphatic heterocycles. The molecular formula is C21H19Cl2N5O4S. The van der Waals surface area contributed by atoms with Gasteiger partial charge in [-0.15, -0.1) is 0 Å². The quantitative estimate of drug-likeness (QED) is 0.170. The van der Waals surface area contributed by atoms with Gasteiger partial charge in [0.05, 0.1) is 36.8 Å². The Bertz CT molecular complexity index is 1170. The third-order valence-electron chi connectivity index (χ3n) is 5.24. The standard InChI is InChI=1S/C21H18ClN5O4S.ClH/c22-14-2-1-3-15(12-14)26-20(29)17(19(28)24-21(26)32)11-13-10-16(27(30)31)4-5-18(13)25-8-6-23-7-9-25;/h1-5,10-12,23H,6-9H2,(H,24,28,32);1H/b17-11-;. The fourth-order valence-corrected chi connectivity index (χ4v) is 4.18. The van der Waals surface area contributed by atoms with Gasteiger partial charge in [0.2, 0.25) is 0 Å². The van der Waals surface area contributed by atoms with Gasteiger partial charge < -0.3 is 22.6 Å². The summed E-state index contributed by atoms with van der Waals surface area (Å²) in [7, 11) is 0. The number of carbonyl (C=O) groups is 2. The molecule has 0 saturated carbocycles. The van der Waals surface area contributed by atoms with Crippen molar-refractivity contribution in [3.63, 3.8) is 0 Å². The lowest BCUT2D eigenvalue weighted by molar-refractivity contribution is -0.655. The molecule has 0 atom stereocenters. The van der Waals surface area contributed by atoms with Crippen molar-refractivity contribution in [1.82, 2.24) is 5.32 Å². The van der Waals surface area contributed by atoms with Crippen molar-refractivity contribution in [3.05, 3.63) is 68.7 Å². The Balaban J connectivity index is 0.00000306. The largest absolute Gasteiger partial charge is 1.00 e. The summed E-state index contributed by atoms with van der Waals surface area (Å²) in [6.45, 7) is 3.24. The van der Waals surface area contributed by atoms with Crippen LogP contribution >= 0.6 is 23.8 Å². The third-order valence-corrected chi connectivity index (χ3v) is 5.76. The molecule has 2 amide bonds. The summed E-state index contributed by atoms with van der Waals surface area (Å²) in [5.74, 6) is -1.30. The van der Waals surface area contributed by atoms with Crippen molar-refractivity contribution in [2.24, 2.45) is 0 Å². The zero-order valence-electron chi connectivity index (χ0n) is 17.2. The van der Waals surface area contributed by atoms with Crippen LogP contribution < -0.4 is 32.8 Å². The van der Waals surface area contributed by atoms with E-state index in [1.807, 2.05) is 0 Å². The van der Waals surface area contributed by atoms with Gasteiger partial charge in [0.25, 0.3) is 17.5 Å². The Morgan fingerprint density at radius 2 is 1.88 bits per heavy atom. The van der Waals surface area contributed by atoms with Crippen LogP contribution in [0.4, 0.5) is 17.1 Å². The maximum atomic E-state index is 13.3. The lowest BCUT2D eigenvalue weighted by atomic mass is 10.0. The molecule has 12 heteroatoms. The number of non-ortho nitro benzene ring substituents is 1. The molecule has 2 saturated heterocycles. The van der Waals surface area contributed by atoms with E-state index in [0.29, 0.717) is 16.3 Å². The van der Waals surface area contributed by atoms with Gasteiger partial charge in [-0.1, -0.05) is 17.7 Å². The van der Waals surface area contributed by atoms with E-state index < -0.39 is 16.7 Å². The maximum absolute atomic E-state index is 13.3. The van der Waals surface area contributed by atoms with E-state index in [1.165, 1.54) is 23.1 Å². The number of anilines is 2. The molecule has 2 heterocycles. The van der Waals surface area contributed by atoms with Crippen LogP contribution in [0.3, 0.4) is 0 Å². The van der Waals surface area contributed by atoms with Crippen LogP contribution in [-0.2, 0) is 9.59 Å². The molecule has 9 nitrogen and oxygen atoms in total. The van der Waals surface area contributed by atoms with E-state index in [2.05, 4.69) is 15.5 Å². The molecule has 0 aromatic heterocycles. The molecule has 0 aliphatic carbocycles. The van der Waals surface area contributed by atoms with Crippen LogP contribution in [0.5, 0.6) is 0 Å². The van der Waals surface area contributed by atoms with Crippen LogP contribution in [0, 0.1) is 10.1 Å². The summed E-state index contributed by atoms with van der Waals surface area (Å²) in [6, 6.07) is 11.0. The minimum atomic E-state index is -0.664. The predicted molar refractivity (Wildman–Crippen MR) is 125 cm³/mol. The smallest absolute Gasteiger partial charge is 0.270 e. The first-order valence-corrected chi connectivity index (χ1v) is 10.7. The second kappa shape index (κ2) is 10.3. The Morgan fingerprint density at radius 3 is 2.55 bits per heavy atom. The van der Waals surface area contributed by atoms with E-state index in [1.54, 1.807) is 30.3 Å². The molecule has 33 heavy (non-hydrogen) atoms. The number of piperazine rings is 1. The van der Waals surface area contributed by atoms with Gasteiger partial charge in [0, 0.05) is 28.4 Å². The molecule has 3 N–H and O–H groups in total. The van der Waals surface area contributed by atoms with Gasteiger partial charge in [0.1, 0.15) is 5.57 Å². The van der Waals surface area contributed by atoms with Crippen molar-refractivity contribution in [1.29, 1.82) is 0 Å². The highest BCUT2D eigenvalue weighted by Crippen LogP contribution is 2.30. The highest BCUT2D eigenvalue weighted by atomic mass is 35.5. The minimum absolute atomic E-state index is 0. The van der Waals surface area contributed by atoms with Crippen LogP contribution in [0.1, 0.15) is 5.56 Å². The molecule has 2 aromatic rings. The minimum Gasteiger partial charge on any atom is -1.00 e. The molecule has 0 unspecified atom stereocenters. The summed E-state index contributed by atoms with van der Waals surface area (Å²) >= 11 is 11.3. The number of amides is 2. The van der Waals surface area contributed by atoms with Crippen LogP contribution in [0.2, 0.25) is 5.02 Å². The summed E-state index contributed by atoms with van der Waals surface area (Å²) < 4.78 is 0. The van der Waals surface area contributed by atoms with E-state index in [0.717, 1.165) is 31.9 Å². The van der Waals surface area contributed by atoms with Crippen LogP contribution in [-0.4, -0.2) is 48.0 Å². The molecule has 2 fully saturated rings. The summed E-state index contributed by atoms with van der Waals surface area (Å²) in [4.78, 5) is 40.1. The third kappa shape index (κ3) is 5.14. The van der Waals surface area contributed by atoms with Crippen molar-refractivity contribution < 1.29 is 32.2 Å². The zero-order valence-corrected chi connectivity index (χ0v) is 19.5. The Morgan fingerprint density at radius 1 is 1.15 bits per heavy atom. The molecular weight excluding hydrogens is 489 g/mol. The number of benzene rings is 2. The predicted octanol–water partition coefficient (Wildman–Crippen LogP) is -1.53. The monoisotopic (exact) mass is 507 g/mol. The molecule has 2 aliphatic rings. The summed E-state index contributed by atoms with van der Waals surface area (Å²) in [6.07, 6.45) is 1.39. The van der Waals surface area contributed by atoms with Crippen molar-refractivity contribution in [2.45, 2.75) is 0 Å². The molecule has 0 radical (unpaired) electrons. The lowest BCUT2D eigenvalue weighted by Gasteiger charge is -2.30. The Hall–Kier alpha value is -3.05. The second-order valence-electron chi connectivity index (χ2n) is 7.29. The van der Waals surface area contributed by atoms with Crippen molar-refractivity contribution >= 4 is 63.9 Å². The van der Waals surface area contributed by atoms with Crippen molar-refractivity contribution in [2.75, 3.05) is 36.0 Å². The fourth-order valence-electron chi connectivity index (χ4n) is 3.71. The zero-order chi connectivity index (χ0) is 22.8. The van der Waals surface area contributed by atoms with E-state index in [4.69, 9.17) is 23.8 Å². The molecule has 0 bridgehead atoms. The van der Waals surface area contributed by atoms with Crippen LogP contribution in [0.25, 0.3) is 6.08 Å². The van der Waals surface area contributed by atoms with E-state index in [9.17, 15) is 19.7 Å². The lowest BCUT2D eigenvalue weighted by Crippen LogP contribution is -3.00. The average Bonchev–Trinajstić information content (AvgIpc) is 2.77. The Labute approximate surface area is 205 Å². The van der Waals surface area contributed by atoms with Gasteiger partial charge in [-0.05, 0) is 42.6 Å². The van der Waals surface area contributed by atoms with Gasteiger partial charge >= 0.3 is 0 Å². The first kappa shape index (κ1) is 24.6. The summed E-state index contributed by atoms with van der Waals surface area (Å²) in [5.41, 5.74) is 1.24. The maximum Gasteiger partial charge on any atom is 0.270 e. The van der Waals surface area contributed by atoms with Crippen LogP contribution in [0.15, 0.2) is 48.0 Å². The number of halogens is 2. The van der Waals surface area contributed by atoms with Gasteiger partial charge in [-0.25, -0.2) is 0 Å². The first-order chi connectivity index (χ1) is 15.3. The fraction of sp³-hybridized carbons (Fsp3) is 0.190. The van der Waals surface area contributed by atoms with Gasteiger partial charge in [-0.2, -0.15) is 0 Å². The SMILES string of the molecule is O=C1NC(=S)N(c2cccc(Cl)c2)C(=O)/C1=C\c1cc([N+](=O)[O-])ccc1N1CC[NH2+]CC1.[Cl-]. The van der Waals surface area contributed by atoms with Gasteiger partial charge in [0.15, 0.2) is 5.11 Å². The number of nitro benzene ring substituents is 1. The molecule has 172 valence electrons. The number of thiocarbonyl (C=S) groups is 1. The number of hydrogen-bond acceptors (Lipinski definition) is 6. The number of nitrogens with two attached hydrogens (primary N) is 1. The number of hydrogen-bond donors (Lipinski definition) is 2. The van der Waals surface area contributed by atoms with Crippen molar-refractivity contribution in [3.8, 4) is 0 Å². The van der Waals surface area contributed by atoms with E-state index in [-0.39, 0.29) is 28.8 Å². The number of nitrogens with one attached hydrogen (secondary N) is 1. The van der Waals surface area contributed by atoms with Gasteiger partial charge in [-0.3, -0.25) is 29.9 Å². The number of quaternary nitrogens is 1. The average molecular weight is 508 g/mol.